The molecule has 0 spiro atoms. The Labute approximate surface area is 175 Å². The SMILES string of the molecule is Cc1c(F)cc(C(=O)NCC(F)(F)F)cc1NC(=O)CCCOc1ccccc1Cl. The fourth-order valence-electron chi connectivity index (χ4n) is 2.41. The van der Waals surface area contributed by atoms with Gasteiger partial charge in [-0.25, -0.2) is 4.39 Å². The number of ether oxygens (including phenoxy) is 1. The first-order valence-corrected chi connectivity index (χ1v) is 9.27. The zero-order valence-electron chi connectivity index (χ0n) is 15.9. The normalized spacial score (nSPS) is 11.1. The van der Waals surface area contributed by atoms with Crippen LogP contribution in [-0.2, 0) is 4.79 Å². The lowest BCUT2D eigenvalue weighted by atomic mass is 10.1. The van der Waals surface area contributed by atoms with Crippen LogP contribution in [0.1, 0.15) is 28.8 Å². The van der Waals surface area contributed by atoms with E-state index in [0.29, 0.717) is 17.2 Å². The number of para-hydroxylation sites is 1. The van der Waals surface area contributed by atoms with Crippen molar-refractivity contribution in [3.05, 3.63) is 58.4 Å². The molecule has 30 heavy (non-hydrogen) atoms. The van der Waals surface area contributed by atoms with E-state index in [-0.39, 0.29) is 29.8 Å². The summed E-state index contributed by atoms with van der Waals surface area (Å²) in [4.78, 5) is 24.0. The summed E-state index contributed by atoms with van der Waals surface area (Å²) < 4.78 is 56.3. The number of carbonyl (C=O) groups excluding carboxylic acids is 2. The fraction of sp³-hybridized carbons (Fsp3) is 0.300. The molecule has 0 fully saturated rings. The third-order valence-corrected chi connectivity index (χ3v) is 4.28. The molecule has 0 aliphatic rings. The van der Waals surface area contributed by atoms with E-state index >= 15 is 0 Å². The van der Waals surface area contributed by atoms with Gasteiger partial charge in [0.05, 0.1) is 11.6 Å². The molecule has 0 aliphatic heterocycles. The van der Waals surface area contributed by atoms with Crippen LogP contribution in [-0.4, -0.2) is 31.1 Å². The van der Waals surface area contributed by atoms with Crippen molar-refractivity contribution >= 4 is 29.1 Å². The van der Waals surface area contributed by atoms with Crippen LogP contribution < -0.4 is 15.4 Å². The molecule has 0 atom stereocenters. The van der Waals surface area contributed by atoms with Crippen LogP contribution in [0.2, 0.25) is 5.02 Å². The second-order valence-electron chi connectivity index (χ2n) is 6.36. The van der Waals surface area contributed by atoms with E-state index < -0.39 is 30.4 Å². The summed E-state index contributed by atoms with van der Waals surface area (Å²) >= 11 is 5.96. The summed E-state index contributed by atoms with van der Waals surface area (Å²) in [6.07, 6.45) is -4.22. The van der Waals surface area contributed by atoms with Crippen molar-refractivity contribution in [1.82, 2.24) is 5.32 Å². The molecule has 162 valence electrons. The predicted octanol–water partition coefficient (Wildman–Crippen LogP) is 4.88. The predicted molar refractivity (Wildman–Crippen MR) is 104 cm³/mol. The van der Waals surface area contributed by atoms with Crippen LogP contribution in [0.5, 0.6) is 5.75 Å². The van der Waals surface area contributed by atoms with Gasteiger partial charge in [-0.3, -0.25) is 9.59 Å². The lowest BCUT2D eigenvalue weighted by Crippen LogP contribution is -2.33. The standard InChI is InChI=1S/C20H19ClF4N2O3/c1-12-15(22)9-13(19(29)26-11-20(23,24)25)10-16(12)27-18(28)7-4-8-30-17-6-3-2-5-14(17)21/h2-3,5-6,9-10H,4,7-8,11H2,1H3,(H,26,29)(H,27,28). The first-order chi connectivity index (χ1) is 14.1. The van der Waals surface area contributed by atoms with Gasteiger partial charge in [0.15, 0.2) is 0 Å². The Balaban J connectivity index is 1.93. The Morgan fingerprint density at radius 2 is 1.87 bits per heavy atom. The maximum Gasteiger partial charge on any atom is 0.405 e. The van der Waals surface area contributed by atoms with E-state index in [1.165, 1.54) is 6.92 Å². The molecule has 2 aromatic rings. The van der Waals surface area contributed by atoms with Crippen molar-refractivity contribution in [1.29, 1.82) is 0 Å². The van der Waals surface area contributed by atoms with Crippen molar-refractivity contribution < 1.29 is 31.9 Å². The van der Waals surface area contributed by atoms with Gasteiger partial charge >= 0.3 is 6.18 Å². The van der Waals surface area contributed by atoms with Gasteiger partial charge in [0.1, 0.15) is 18.1 Å². The number of carbonyl (C=O) groups is 2. The van der Waals surface area contributed by atoms with E-state index in [4.69, 9.17) is 16.3 Å². The summed E-state index contributed by atoms with van der Waals surface area (Å²) in [5.41, 5.74) is -0.271. The summed E-state index contributed by atoms with van der Waals surface area (Å²) in [6, 6.07) is 8.80. The highest BCUT2D eigenvalue weighted by molar-refractivity contribution is 6.32. The summed E-state index contributed by atoms with van der Waals surface area (Å²) in [5, 5.41) is 4.56. The van der Waals surface area contributed by atoms with Crippen LogP contribution in [0, 0.1) is 12.7 Å². The van der Waals surface area contributed by atoms with Gasteiger partial charge in [-0.2, -0.15) is 13.2 Å². The van der Waals surface area contributed by atoms with Crippen LogP contribution in [0.15, 0.2) is 36.4 Å². The number of nitrogens with one attached hydrogen (secondary N) is 2. The monoisotopic (exact) mass is 446 g/mol. The molecule has 0 saturated carbocycles. The van der Waals surface area contributed by atoms with Crippen LogP contribution in [0.3, 0.4) is 0 Å². The molecule has 0 saturated heterocycles. The maximum absolute atomic E-state index is 14.1. The quantitative estimate of drug-likeness (QED) is 0.449. The molecular formula is C20H19ClF4N2O3. The van der Waals surface area contributed by atoms with Crippen molar-refractivity contribution in [2.75, 3.05) is 18.5 Å². The Morgan fingerprint density at radius 1 is 1.17 bits per heavy atom. The van der Waals surface area contributed by atoms with Gasteiger partial charge in [0, 0.05) is 23.2 Å². The van der Waals surface area contributed by atoms with Crippen LogP contribution in [0.25, 0.3) is 0 Å². The zero-order chi connectivity index (χ0) is 22.3. The highest BCUT2D eigenvalue weighted by Gasteiger charge is 2.28. The first-order valence-electron chi connectivity index (χ1n) is 8.89. The zero-order valence-corrected chi connectivity index (χ0v) is 16.7. The number of hydrogen-bond donors (Lipinski definition) is 2. The Hall–Kier alpha value is -2.81. The van der Waals surface area contributed by atoms with Crippen LogP contribution in [0.4, 0.5) is 23.2 Å². The average molecular weight is 447 g/mol. The summed E-state index contributed by atoms with van der Waals surface area (Å²) in [7, 11) is 0. The second-order valence-corrected chi connectivity index (χ2v) is 6.77. The van der Waals surface area contributed by atoms with Crippen molar-refractivity contribution in [2.45, 2.75) is 25.9 Å². The van der Waals surface area contributed by atoms with Crippen LogP contribution >= 0.6 is 11.6 Å². The first kappa shape index (κ1) is 23.5. The summed E-state index contributed by atoms with van der Waals surface area (Å²) in [5.74, 6) is -1.91. The number of amides is 2. The van der Waals surface area contributed by atoms with Gasteiger partial charge in [-0.15, -0.1) is 0 Å². The third kappa shape index (κ3) is 7.22. The smallest absolute Gasteiger partial charge is 0.405 e. The molecule has 0 aromatic heterocycles. The molecular weight excluding hydrogens is 428 g/mol. The van der Waals surface area contributed by atoms with E-state index in [0.717, 1.165) is 12.1 Å². The fourth-order valence-corrected chi connectivity index (χ4v) is 2.60. The molecule has 5 nitrogen and oxygen atoms in total. The lowest BCUT2D eigenvalue weighted by Gasteiger charge is -2.13. The Kier molecular flexibility index (Phi) is 8.05. The minimum absolute atomic E-state index is 0.00387. The highest BCUT2D eigenvalue weighted by Crippen LogP contribution is 2.24. The van der Waals surface area contributed by atoms with Crippen molar-refractivity contribution in [2.24, 2.45) is 0 Å². The highest BCUT2D eigenvalue weighted by atomic mass is 35.5. The summed E-state index contributed by atoms with van der Waals surface area (Å²) in [6.45, 7) is 0.0433. The maximum atomic E-state index is 14.1. The van der Waals surface area contributed by atoms with Gasteiger partial charge in [0.2, 0.25) is 5.91 Å². The lowest BCUT2D eigenvalue weighted by molar-refractivity contribution is -0.123. The number of halogens is 5. The topological polar surface area (TPSA) is 67.4 Å². The Bertz CT molecular complexity index is 919. The number of rotatable bonds is 8. The molecule has 0 bridgehead atoms. The van der Waals surface area contributed by atoms with E-state index in [2.05, 4.69) is 5.32 Å². The minimum atomic E-state index is -4.60. The third-order valence-electron chi connectivity index (χ3n) is 3.97. The van der Waals surface area contributed by atoms with E-state index in [9.17, 15) is 27.2 Å². The molecule has 0 unspecified atom stereocenters. The number of anilines is 1. The molecule has 0 radical (unpaired) electrons. The van der Waals surface area contributed by atoms with Gasteiger partial charge in [-0.1, -0.05) is 23.7 Å². The number of hydrogen-bond acceptors (Lipinski definition) is 3. The average Bonchev–Trinajstić information content (AvgIpc) is 2.67. The molecule has 0 heterocycles. The number of benzene rings is 2. The van der Waals surface area contributed by atoms with Crippen molar-refractivity contribution in [3.8, 4) is 5.75 Å². The largest absolute Gasteiger partial charge is 0.492 e. The molecule has 2 N–H and O–H groups in total. The van der Waals surface area contributed by atoms with E-state index in [1.807, 2.05) is 0 Å². The van der Waals surface area contributed by atoms with Gasteiger partial charge in [-0.05, 0) is 37.6 Å². The molecule has 2 aromatic carbocycles. The Morgan fingerprint density at radius 3 is 2.53 bits per heavy atom. The van der Waals surface area contributed by atoms with Gasteiger partial charge < -0.3 is 15.4 Å². The molecule has 2 rings (SSSR count). The van der Waals surface area contributed by atoms with Gasteiger partial charge in [0.25, 0.3) is 5.91 Å². The molecule has 2 amide bonds. The minimum Gasteiger partial charge on any atom is -0.492 e. The number of alkyl halides is 3. The second kappa shape index (κ2) is 10.3. The molecule has 10 heteroatoms. The van der Waals surface area contributed by atoms with Crippen molar-refractivity contribution in [3.63, 3.8) is 0 Å². The molecule has 0 aliphatic carbocycles. The van der Waals surface area contributed by atoms with E-state index in [1.54, 1.807) is 29.6 Å².